The summed E-state index contributed by atoms with van der Waals surface area (Å²) in [5.74, 6) is 0.575. The highest BCUT2D eigenvalue weighted by Gasteiger charge is 2.20. The van der Waals surface area contributed by atoms with Crippen LogP contribution < -0.4 is 4.90 Å². The van der Waals surface area contributed by atoms with E-state index in [9.17, 15) is 0 Å². The highest BCUT2D eigenvalue weighted by molar-refractivity contribution is 6.13. The fourth-order valence-corrected chi connectivity index (χ4v) is 8.68. The van der Waals surface area contributed by atoms with E-state index in [1.54, 1.807) is 0 Å². The van der Waals surface area contributed by atoms with Gasteiger partial charge in [0.05, 0.1) is 0 Å². The van der Waals surface area contributed by atoms with Crippen LogP contribution in [0.25, 0.3) is 99.1 Å². The molecule has 0 atom stereocenters. The van der Waals surface area contributed by atoms with E-state index in [0.717, 1.165) is 72.0 Å². The van der Waals surface area contributed by atoms with Crippen LogP contribution in [0.5, 0.6) is 0 Å². The summed E-state index contributed by atoms with van der Waals surface area (Å²) in [4.78, 5) is 7.31. The molecule has 0 aliphatic rings. The van der Waals surface area contributed by atoms with Gasteiger partial charge in [0.1, 0.15) is 16.7 Å². The molecule has 0 saturated carbocycles. The van der Waals surface area contributed by atoms with Crippen molar-refractivity contribution in [3.05, 3.63) is 206 Å². The second-order valence-electron chi connectivity index (χ2n) is 15.2. The van der Waals surface area contributed by atoms with Crippen molar-refractivity contribution in [3.63, 3.8) is 0 Å². The van der Waals surface area contributed by atoms with Crippen molar-refractivity contribution in [2.75, 3.05) is 4.90 Å². The largest absolute Gasteiger partial charge is 0.456 e. The first-order valence-electron chi connectivity index (χ1n) is 19.9. The maximum atomic E-state index is 6.69. The molecule has 0 bridgehead atoms. The fourth-order valence-electron chi connectivity index (χ4n) is 8.68. The van der Waals surface area contributed by atoms with Gasteiger partial charge in [0.15, 0.2) is 5.58 Å². The van der Waals surface area contributed by atoms with Crippen molar-refractivity contribution < 1.29 is 8.83 Å². The van der Waals surface area contributed by atoms with Crippen molar-refractivity contribution in [2.45, 2.75) is 0 Å². The highest BCUT2D eigenvalue weighted by atomic mass is 16.3. The summed E-state index contributed by atoms with van der Waals surface area (Å²) in [6.07, 6.45) is 0. The number of nitrogens with zero attached hydrogens (tertiary/aromatic N) is 2. The van der Waals surface area contributed by atoms with Gasteiger partial charge in [-0.15, -0.1) is 0 Å². The normalized spacial score (nSPS) is 11.7. The predicted molar refractivity (Wildman–Crippen MR) is 245 cm³/mol. The van der Waals surface area contributed by atoms with E-state index in [1.165, 1.54) is 38.2 Å². The molecule has 0 unspecified atom stereocenters. The van der Waals surface area contributed by atoms with Crippen molar-refractivity contribution in [3.8, 4) is 33.7 Å². The van der Waals surface area contributed by atoms with E-state index in [2.05, 4.69) is 187 Å². The summed E-state index contributed by atoms with van der Waals surface area (Å²) >= 11 is 0. The van der Waals surface area contributed by atoms with Crippen LogP contribution in [-0.4, -0.2) is 4.98 Å². The average Bonchev–Trinajstić information content (AvgIpc) is 3.89. The SMILES string of the molecule is c1ccc(-c2ccc3ccc(N(c4cccc(-c5ccc6ccccc6c5)c4)c4ccc5c(c4)oc4cccc(-c6nc7cc8ccccc8cc7o6)c45)cc3c2)cc1. The summed E-state index contributed by atoms with van der Waals surface area (Å²) in [5, 5.41) is 9.04. The van der Waals surface area contributed by atoms with E-state index < -0.39 is 0 Å². The molecule has 4 nitrogen and oxygen atoms in total. The Balaban J connectivity index is 1.02. The van der Waals surface area contributed by atoms with Crippen molar-refractivity contribution in [2.24, 2.45) is 0 Å². The lowest BCUT2D eigenvalue weighted by atomic mass is 9.99. The predicted octanol–water partition coefficient (Wildman–Crippen LogP) is 15.7. The molecule has 0 radical (unpaired) electrons. The second kappa shape index (κ2) is 13.3. The molecule has 0 spiro atoms. The molecule has 10 aromatic carbocycles. The number of fused-ring (bicyclic) bond motifs is 7. The van der Waals surface area contributed by atoms with E-state index >= 15 is 0 Å². The van der Waals surface area contributed by atoms with Crippen LogP contribution in [0.3, 0.4) is 0 Å². The lowest BCUT2D eigenvalue weighted by Crippen LogP contribution is -2.10. The van der Waals surface area contributed by atoms with Crippen LogP contribution in [0, 0.1) is 0 Å². The summed E-state index contributed by atoms with van der Waals surface area (Å²) in [7, 11) is 0. The fraction of sp³-hybridized carbons (Fsp3) is 0. The van der Waals surface area contributed by atoms with Gasteiger partial charge < -0.3 is 13.7 Å². The van der Waals surface area contributed by atoms with Gasteiger partial charge in [-0.2, -0.15) is 0 Å². The van der Waals surface area contributed by atoms with Crippen LogP contribution in [0.1, 0.15) is 0 Å². The smallest absolute Gasteiger partial charge is 0.228 e. The highest BCUT2D eigenvalue weighted by Crippen LogP contribution is 2.43. The Bertz CT molecular complexity index is 3530. The van der Waals surface area contributed by atoms with Gasteiger partial charge in [0, 0.05) is 39.5 Å². The molecule has 276 valence electrons. The Kier molecular flexibility index (Phi) is 7.50. The monoisotopic (exact) mass is 754 g/mol. The Morgan fingerprint density at radius 1 is 0.339 bits per heavy atom. The minimum atomic E-state index is 0.575. The molecule has 0 amide bonds. The Labute approximate surface area is 339 Å². The Morgan fingerprint density at radius 2 is 0.949 bits per heavy atom. The third kappa shape index (κ3) is 5.73. The zero-order chi connectivity index (χ0) is 38.9. The lowest BCUT2D eigenvalue weighted by Gasteiger charge is -2.26. The standard InChI is InChI=1S/C55H34N2O2/c1-2-10-35(11-3-1)42-22-21-37-24-25-46(31-44(37)29-42)57(45-17-8-16-39(30-45)43-23-20-36-12-4-5-13-38(36)28-43)47-26-27-48-52(34-47)58-51-19-9-18-49(54(48)51)55-56-50-32-40-14-6-7-15-41(40)33-53(50)59-55/h1-34H. The van der Waals surface area contributed by atoms with Crippen LogP contribution in [0.2, 0.25) is 0 Å². The Hall–Kier alpha value is -7.95. The molecule has 2 heterocycles. The maximum absolute atomic E-state index is 6.69. The van der Waals surface area contributed by atoms with E-state index in [4.69, 9.17) is 13.8 Å². The van der Waals surface area contributed by atoms with E-state index in [-0.39, 0.29) is 0 Å². The van der Waals surface area contributed by atoms with Crippen LogP contribution in [0.4, 0.5) is 17.1 Å². The zero-order valence-electron chi connectivity index (χ0n) is 31.8. The molecule has 12 aromatic rings. The third-order valence-corrected chi connectivity index (χ3v) is 11.6. The van der Waals surface area contributed by atoms with Crippen LogP contribution in [-0.2, 0) is 0 Å². The minimum absolute atomic E-state index is 0.575. The molecular formula is C55H34N2O2. The van der Waals surface area contributed by atoms with Crippen LogP contribution >= 0.6 is 0 Å². The van der Waals surface area contributed by atoms with Gasteiger partial charge >= 0.3 is 0 Å². The summed E-state index contributed by atoms with van der Waals surface area (Å²) < 4.78 is 13.1. The summed E-state index contributed by atoms with van der Waals surface area (Å²) in [6.45, 7) is 0. The quantitative estimate of drug-likeness (QED) is 0.170. The van der Waals surface area contributed by atoms with Gasteiger partial charge in [0.2, 0.25) is 5.89 Å². The first kappa shape index (κ1) is 33.2. The first-order chi connectivity index (χ1) is 29.2. The van der Waals surface area contributed by atoms with E-state index in [0.29, 0.717) is 5.89 Å². The van der Waals surface area contributed by atoms with Crippen molar-refractivity contribution in [1.82, 2.24) is 4.98 Å². The van der Waals surface area contributed by atoms with Crippen molar-refractivity contribution in [1.29, 1.82) is 0 Å². The topological polar surface area (TPSA) is 42.4 Å². The number of hydrogen-bond acceptors (Lipinski definition) is 4. The number of aromatic nitrogens is 1. The molecule has 2 aromatic heterocycles. The molecule has 0 aliphatic heterocycles. The van der Waals surface area contributed by atoms with Crippen LogP contribution in [0.15, 0.2) is 215 Å². The maximum Gasteiger partial charge on any atom is 0.228 e. The minimum Gasteiger partial charge on any atom is -0.456 e. The van der Waals surface area contributed by atoms with Gasteiger partial charge in [-0.25, -0.2) is 4.98 Å². The molecule has 0 saturated heterocycles. The number of oxazole rings is 1. The number of benzene rings is 10. The molecular weight excluding hydrogens is 721 g/mol. The second-order valence-corrected chi connectivity index (χ2v) is 15.2. The van der Waals surface area contributed by atoms with Crippen molar-refractivity contribution >= 4 is 82.4 Å². The van der Waals surface area contributed by atoms with Gasteiger partial charge in [-0.3, -0.25) is 0 Å². The molecule has 0 N–H and O–H groups in total. The van der Waals surface area contributed by atoms with Gasteiger partial charge in [-0.05, 0) is 127 Å². The molecule has 0 fully saturated rings. The van der Waals surface area contributed by atoms with E-state index in [1.807, 2.05) is 24.3 Å². The van der Waals surface area contributed by atoms with Gasteiger partial charge in [-0.1, -0.05) is 127 Å². The number of anilines is 3. The number of rotatable bonds is 6. The molecule has 59 heavy (non-hydrogen) atoms. The molecule has 12 rings (SSSR count). The molecule has 0 aliphatic carbocycles. The molecule has 4 heteroatoms. The number of furan rings is 1. The summed E-state index contributed by atoms with van der Waals surface area (Å²) in [6, 6.07) is 73.1. The van der Waals surface area contributed by atoms with Gasteiger partial charge in [0.25, 0.3) is 0 Å². The first-order valence-corrected chi connectivity index (χ1v) is 19.9. The lowest BCUT2D eigenvalue weighted by molar-refractivity contribution is 0.620. The average molecular weight is 755 g/mol. The third-order valence-electron chi connectivity index (χ3n) is 11.6. The number of hydrogen-bond donors (Lipinski definition) is 0. The Morgan fingerprint density at radius 3 is 1.80 bits per heavy atom. The summed E-state index contributed by atoms with van der Waals surface area (Å²) in [5.41, 5.74) is 11.8. The zero-order valence-corrected chi connectivity index (χ0v) is 31.8.